The topological polar surface area (TPSA) is 21.1 Å². The molecule has 0 fully saturated rings. The number of aryl methyl sites for hydroxylation is 4. The van der Waals surface area contributed by atoms with Gasteiger partial charge in [-0.3, -0.25) is 4.68 Å². The summed E-state index contributed by atoms with van der Waals surface area (Å²) in [5.41, 5.74) is 6.52. The van der Waals surface area contributed by atoms with Gasteiger partial charge < -0.3 is 4.90 Å². The SMILES string of the molecule is Cc1ccc2c(c1)CCCN2Cc1c(Br)c(C)nn1C. The summed E-state index contributed by atoms with van der Waals surface area (Å²) in [6.45, 7) is 6.24. The summed E-state index contributed by atoms with van der Waals surface area (Å²) >= 11 is 3.67. The lowest BCUT2D eigenvalue weighted by Gasteiger charge is -2.31. The van der Waals surface area contributed by atoms with E-state index in [0.29, 0.717) is 0 Å². The maximum Gasteiger partial charge on any atom is 0.0739 e. The Kier molecular flexibility index (Phi) is 3.59. The Balaban J connectivity index is 1.93. The molecule has 2 aromatic rings. The molecular formula is C16H20BrN3. The summed E-state index contributed by atoms with van der Waals surface area (Å²) < 4.78 is 3.13. The van der Waals surface area contributed by atoms with Crippen molar-refractivity contribution in [2.45, 2.75) is 33.2 Å². The van der Waals surface area contributed by atoms with E-state index in [1.807, 2.05) is 18.7 Å². The Morgan fingerprint density at radius 1 is 1.30 bits per heavy atom. The Labute approximate surface area is 128 Å². The summed E-state index contributed by atoms with van der Waals surface area (Å²) in [5.74, 6) is 0. The zero-order chi connectivity index (χ0) is 14.3. The average molecular weight is 334 g/mol. The molecule has 4 heteroatoms. The van der Waals surface area contributed by atoms with Crippen LogP contribution >= 0.6 is 15.9 Å². The van der Waals surface area contributed by atoms with E-state index in [9.17, 15) is 0 Å². The molecule has 0 N–H and O–H groups in total. The molecule has 3 rings (SSSR count). The van der Waals surface area contributed by atoms with E-state index >= 15 is 0 Å². The lowest BCUT2D eigenvalue weighted by atomic mass is 9.99. The molecule has 0 spiro atoms. The van der Waals surface area contributed by atoms with E-state index in [2.05, 4.69) is 51.1 Å². The Hall–Kier alpha value is -1.29. The molecule has 1 aromatic carbocycles. The second-order valence-electron chi connectivity index (χ2n) is 5.63. The highest BCUT2D eigenvalue weighted by molar-refractivity contribution is 9.10. The fraction of sp³-hybridized carbons (Fsp3) is 0.438. The summed E-state index contributed by atoms with van der Waals surface area (Å²) in [7, 11) is 2.02. The summed E-state index contributed by atoms with van der Waals surface area (Å²) in [6.07, 6.45) is 2.42. The number of benzene rings is 1. The molecule has 3 nitrogen and oxygen atoms in total. The van der Waals surface area contributed by atoms with E-state index < -0.39 is 0 Å². The highest BCUT2D eigenvalue weighted by atomic mass is 79.9. The van der Waals surface area contributed by atoms with Crippen LogP contribution in [0, 0.1) is 13.8 Å². The first-order chi connectivity index (χ1) is 9.56. The zero-order valence-electron chi connectivity index (χ0n) is 12.3. The first-order valence-electron chi connectivity index (χ1n) is 7.08. The van der Waals surface area contributed by atoms with Gasteiger partial charge in [-0.15, -0.1) is 0 Å². The number of rotatable bonds is 2. The quantitative estimate of drug-likeness (QED) is 0.834. The van der Waals surface area contributed by atoms with Gasteiger partial charge in [0.2, 0.25) is 0 Å². The number of nitrogens with zero attached hydrogens (tertiary/aromatic N) is 3. The molecule has 0 saturated heterocycles. The lowest BCUT2D eigenvalue weighted by Crippen LogP contribution is -2.29. The summed E-state index contributed by atoms with van der Waals surface area (Å²) in [5, 5.41) is 4.49. The number of hydrogen-bond acceptors (Lipinski definition) is 2. The molecular weight excluding hydrogens is 314 g/mol. The third kappa shape index (κ3) is 2.37. The van der Waals surface area contributed by atoms with Gasteiger partial charge in [0.25, 0.3) is 0 Å². The normalized spacial score (nSPS) is 14.5. The maximum atomic E-state index is 4.49. The smallest absolute Gasteiger partial charge is 0.0739 e. The Morgan fingerprint density at radius 3 is 2.80 bits per heavy atom. The monoisotopic (exact) mass is 333 g/mol. The van der Waals surface area contributed by atoms with Crippen molar-refractivity contribution in [3.8, 4) is 0 Å². The Morgan fingerprint density at radius 2 is 2.10 bits per heavy atom. The first kappa shape index (κ1) is 13.7. The molecule has 0 atom stereocenters. The number of aromatic nitrogens is 2. The van der Waals surface area contributed by atoms with Crippen molar-refractivity contribution in [2.75, 3.05) is 11.4 Å². The van der Waals surface area contributed by atoms with Gasteiger partial charge in [0.1, 0.15) is 0 Å². The molecule has 0 radical (unpaired) electrons. The van der Waals surface area contributed by atoms with Gasteiger partial charge in [0.05, 0.1) is 22.4 Å². The number of hydrogen-bond donors (Lipinski definition) is 0. The number of anilines is 1. The molecule has 106 valence electrons. The predicted octanol–water partition coefficient (Wildman–Crippen LogP) is 3.75. The van der Waals surface area contributed by atoms with Gasteiger partial charge in [-0.05, 0) is 54.2 Å². The lowest BCUT2D eigenvalue weighted by molar-refractivity contribution is 0.641. The van der Waals surface area contributed by atoms with Crippen LogP contribution in [0.15, 0.2) is 22.7 Å². The minimum Gasteiger partial charge on any atom is -0.365 e. The zero-order valence-corrected chi connectivity index (χ0v) is 13.9. The molecule has 2 heterocycles. The van der Waals surface area contributed by atoms with Crippen molar-refractivity contribution in [1.82, 2.24) is 9.78 Å². The van der Waals surface area contributed by atoms with Crippen LogP contribution < -0.4 is 4.90 Å². The van der Waals surface area contributed by atoms with Crippen molar-refractivity contribution >= 4 is 21.6 Å². The minimum absolute atomic E-state index is 0.911. The van der Waals surface area contributed by atoms with Gasteiger partial charge in [0.15, 0.2) is 0 Å². The maximum absolute atomic E-state index is 4.49. The van der Waals surface area contributed by atoms with Crippen molar-refractivity contribution in [1.29, 1.82) is 0 Å². The molecule has 20 heavy (non-hydrogen) atoms. The standard InChI is InChI=1S/C16H20BrN3/c1-11-6-7-14-13(9-11)5-4-8-20(14)10-15-16(17)12(2)18-19(15)3/h6-7,9H,4-5,8,10H2,1-3H3. The van der Waals surface area contributed by atoms with E-state index in [-0.39, 0.29) is 0 Å². The van der Waals surface area contributed by atoms with Crippen LogP contribution in [-0.4, -0.2) is 16.3 Å². The van der Waals surface area contributed by atoms with E-state index in [0.717, 1.165) is 23.3 Å². The largest absolute Gasteiger partial charge is 0.365 e. The van der Waals surface area contributed by atoms with Crippen LogP contribution in [0.2, 0.25) is 0 Å². The van der Waals surface area contributed by atoms with Crippen LogP contribution in [0.4, 0.5) is 5.69 Å². The summed E-state index contributed by atoms with van der Waals surface area (Å²) in [6, 6.07) is 6.80. The first-order valence-corrected chi connectivity index (χ1v) is 7.88. The van der Waals surface area contributed by atoms with E-state index in [4.69, 9.17) is 0 Å². The fourth-order valence-electron chi connectivity index (χ4n) is 3.00. The van der Waals surface area contributed by atoms with Crippen molar-refractivity contribution < 1.29 is 0 Å². The third-order valence-electron chi connectivity index (χ3n) is 4.05. The fourth-order valence-corrected chi connectivity index (χ4v) is 3.46. The van der Waals surface area contributed by atoms with E-state index in [1.165, 1.54) is 35.3 Å². The van der Waals surface area contributed by atoms with Crippen molar-refractivity contribution in [3.63, 3.8) is 0 Å². The average Bonchev–Trinajstić information content (AvgIpc) is 2.65. The molecule has 0 unspecified atom stereocenters. The molecule has 1 aromatic heterocycles. The molecule has 0 bridgehead atoms. The van der Waals surface area contributed by atoms with Crippen LogP contribution in [0.3, 0.4) is 0 Å². The van der Waals surface area contributed by atoms with E-state index in [1.54, 1.807) is 0 Å². The van der Waals surface area contributed by atoms with Gasteiger partial charge in [0, 0.05) is 19.3 Å². The van der Waals surface area contributed by atoms with Crippen molar-refractivity contribution in [2.24, 2.45) is 7.05 Å². The van der Waals surface area contributed by atoms with Gasteiger partial charge in [-0.2, -0.15) is 5.10 Å². The van der Waals surface area contributed by atoms with Crippen molar-refractivity contribution in [3.05, 3.63) is 45.2 Å². The van der Waals surface area contributed by atoms with Crippen LogP contribution in [0.5, 0.6) is 0 Å². The predicted molar refractivity (Wildman–Crippen MR) is 86.2 cm³/mol. The van der Waals surface area contributed by atoms with Crippen LogP contribution in [0.25, 0.3) is 0 Å². The third-order valence-corrected chi connectivity index (χ3v) is 5.08. The number of fused-ring (bicyclic) bond motifs is 1. The van der Waals surface area contributed by atoms with Crippen LogP contribution in [0.1, 0.15) is 28.9 Å². The second kappa shape index (κ2) is 5.24. The van der Waals surface area contributed by atoms with Crippen LogP contribution in [-0.2, 0) is 20.0 Å². The summed E-state index contributed by atoms with van der Waals surface area (Å²) in [4.78, 5) is 2.47. The molecule has 1 aliphatic rings. The molecule has 0 amide bonds. The Bertz CT molecular complexity index is 645. The highest BCUT2D eigenvalue weighted by Gasteiger charge is 2.20. The molecule has 1 aliphatic heterocycles. The number of halogens is 1. The van der Waals surface area contributed by atoms with Gasteiger partial charge in [-0.25, -0.2) is 0 Å². The molecule has 0 saturated carbocycles. The van der Waals surface area contributed by atoms with Gasteiger partial charge in [-0.1, -0.05) is 17.7 Å². The van der Waals surface area contributed by atoms with Gasteiger partial charge >= 0.3 is 0 Å². The second-order valence-corrected chi connectivity index (χ2v) is 6.42. The highest BCUT2D eigenvalue weighted by Crippen LogP contribution is 2.31. The molecule has 0 aliphatic carbocycles. The minimum atomic E-state index is 0.911.